The summed E-state index contributed by atoms with van der Waals surface area (Å²) in [6.07, 6.45) is 11.6. The van der Waals surface area contributed by atoms with E-state index in [9.17, 15) is 0 Å². The Labute approximate surface area is 92.7 Å². The van der Waals surface area contributed by atoms with Crippen molar-refractivity contribution in [3.63, 3.8) is 0 Å². The van der Waals surface area contributed by atoms with Gasteiger partial charge in [0.2, 0.25) is 0 Å². The van der Waals surface area contributed by atoms with E-state index in [2.05, 4.69) is 10.5 Å². The van der Waals surface area contributed by atoms with Crippen LogP contribution in [0.2, 0.25) is 0 Å². The Balaban J connectivity index is 2.08. The van der Waals surface area contributed by atoms with Crippen molar-refractivity contribution in [1.82, 2.24) is 10.5 Å². The van der Waals surface area contributed by atoms with Gasteiger partial charge in [-0.3, -0.25) is 0 Å². The number of aromatic nitrogens is 1. The van der Waals surface area contributed by atoms with Crippen molar-refractivity contribution in [2.45, 2.75) is 0 Å². The minimum Gasteiger partial charge on any atom is -0.361 e. The van der Waals surface area contributed by atoms with E-state index >= 15 is 0 Å². The van der Waals surface area contributed by atoms with Crippen LogP contribution in [0.4, 0.5) is 0 Å². The number of hydrogen-bond acceptors (Lipinski definition) is 3. The summed E-state index contributed by atoms with van der Waals surface area (Å²) in [6, 6.07) is 6.03. The second-order valence-corrected chi connectivity index (χ2v) is 3.55. The van der Waals surface area contributed by atoms with Crippen LogP contribution in [0.15, 0.2) is 59.4 Å². The molecule has 3 nitrogen and oxygen atoms in total. The van der Waals surface area contributed by atoms with Crippen molar-refractivity contribution >= 4 is 16.7 Å². The quantitative estimate of drug-likeness (QED) is 0.786. The molecule has 1 aliphatic heterocycles. The van der Waals surface area contributed by atoms with Crippen LogP contribution in [0.1, 0.15) is 5.56 Å². The molecule has 0 saturated heterocycles. The van der Waals surface area contributed by atoms with E-state index in [-0.39, 0.29) is 0 Å². The molecular weight excluding hydrogens is 200 g/mol. The van der Waals surface area contributed by atoms with Crippen LogP contribution in [-0.2, 0) is 0 Å². The number of hydrogen-bond donors (Lipinski definition) is 1. The smallest absolute Gasteiger partial charge is 0.167 e. The Morgan fingerprint density at radius 3 is 3.12 bits per heavy atom. The molecule has 2 aromatic rings. The first-order chi connectivity index (χ1) is 7.93. The summed E-state index contributed by atoms with van der Waals surface area (Å²) in [6.45, 7) is 0. The average molecular weight is 210 g/mol. The van der Waals surface area contributed by atoms with Crippen LogP contribution in [0, 0.1) is 0 Å². The van der Waals surface area contributed by atoms with Gasteiger partial charge in [0, 0.05) is 22.8 Å². The molecule has 1 aliphatic rings. The lowest BCUT2D eigenvalue weighted by Crippen LogP contribution is -2.02. The highest BCUT2D eigenvalue weighted by Gasteiger charge is 2.04. The van der Waals surface area contributed by atoms with Gasteiger partial charge >= 0.3 is 0 Å². The first-order valence-electron chi connectivity index (χ1n) is 5.08. The minimum absolute atomic E-state index is 0.803. The third-order valence-electron chi connectivity index (χ3n) is 2.49. The fraction of sp³-hybridized carbons (Fsp3) is 0. The molecule has 3 rings (SSSR count). The van der Waals surface area contributed by atoms with E-state index in [0.29, 0.717) is 0 Å². The van der Waals surface area contributed by atoms with E-state index in [1.165, 1.54) is 0 Å². The van der Waals surface area contributed by atoms with Crippen molar-refractivity contribution in [1.29, 1.82) is 0 Å². The highest BCUT2D eigenvalue weighted by molar-refractivity contribution is 5.81. The molecule has 0 aliphatic carbocycles. The molecule has 2 heterocycles. The Kier molecular flexibility index (Phi) is 2.07. The van der Waals surface area contributed by atoms with Crippen molar-refractivity contribution in [3.05, 3.63) is 60.5 Å². The molecule has 0 unspecified atom stereocenters. The number of allylic oxidation sites excluding steroid dienone is 4. The van der Waals surface area contributed by atoms with Crippen LogP contribution in [-0.4, -0.2) is 5.16 Å². The summed E-state index contributed by atoms with van der Waals surface area (Å²) >= 11 is 0. The lowest BCUT2D eigenvalue weighted by atomic mass is 10.1. The summed E-state index contributed by atoms with van der Waals surface area (Å²) in [7, 11) is 0. The number of nitrogens with one attached hydrogen (secondary N) is 1. The van der Waals surface area contributed by atoms with Gasteiger partial charge < -0.3 is 9.84 Å². The first-order valence-corrected chi connectivity index (χ1v) is 5.08. The van der Waals surface area contributed by atoms with E-state index in [1.54, 1.807) is 6.20 Å². The molecule has 78 valence electrons. The van der Waals surface area contributed by atoms with Crippen LogP contribution in [0.5, 0.6) is 0 Å². The molecule has 0 fully saturated rings. The third-order valence-corrected chi connectivity index (χ3v) is 2.49. The fourth-order valence-corrected chi connectivity index (χ4v) is 1.66. The monoisotopic (exact) mass is 210 g/mol. The Hall–Kier alpha value is -2.29. The predicted octanol–water partition coefficient (Wildman–Crippen LogP) is 2.84. The van der Waals surface area contributed by atoms with Gasteiger partial charge in [-0.1, -0.05) is 23.4 Å². The normalized spacial score (nSPS) is 14.6. The Morgan fingerprint density at radius 2 is 2.12 bits per heavy atom. The summed E-state index contributed by atoms with van der Waals surface area (Å²) in [5.41, 5.74) is 2.93. The summed E-state index contributed by atoms with van der Waals surface area (Å²) in [4.78, 5) is 0. The molecular formula is C13H10N2O. The van der Waals surface area contributed by atoms with E-state index in [1.807, 2.05) is 48.7 Å². The molecule has 1 aromatic heterocycles. The standard InChI is InChI=1S/C13H10N2O/c1-2-4-12(14-7-3-1)10-5-6-11-9-15-16-13(11)8-10/h1-9,14H. The summed E-state index contributed by atoms with van der Waals surface area (Å²) in [5.74, 6) is 0. The van der Waals surface area contributed by atoms with Crippen LogP contribution in [0.3, 0.4) is 0 Å². The SMILES string of the molecule is C1=CC=C(c2ccc3cnoc3c2)NC=C1. The number of rotatable bonds is 1. The molecule has 0 amide bonds. The molecule has 0 atom stereocenters. The molecule has 0 saturated carbocycles. The van der Waals surface area contributed by atoms with E-state index in [4.69, 9.17) is 4.52 Å². The van der Waals surface area contributed by atoms with Gasteiger partial charge in [0.15, 0.2) is 5.58 Å². The van der Waals surface area contributed by atoms with Gasteiger partial charge in [-0.15, -0.1) is 0 Å². The summed E-state index contributed by atoms with van der Waals surface area (Å²) in [5, 5.41) is 7.99. The number of fused-ring (bicyclic) bond motifs is 1. The molecule has 0 radical (unpaired) electrons. The lowest BCUT2D eigenvalue weighted by molar-refractivity contribution is 0.456. The molecule has 1 N–H and O–H groups in total. The number of nitrogens with zero attached hydrogens (tertiary/aromatic N) is 1. The fourth-order valence-electron chi connectivity index (χ4n) is 1.66. The Bertz CT molecular complexity index is 605. The maximum absolute atomic E-state index is 5.14. The molecule has 3 heteroatoms. The van der Waals surface area contributed by atoms with Gasteiger partial charge in [-0.2, -0.15) is 0 Å². The Morgan fingerprint density at radius 1 is 1.12 bits per heavy atom. The average Bonchev–Trinajstić information content (AvgIpc) is 2.61. The van der Waals surface area contributed by atoms with Crippen molar-refractivity contribution in [2.24, 2.45) is 0 Å². The number of benzene rings is 1. The molecule has 0 bridgehead atoms. The maximum atomic E-state index is 5.14. The van der Waals surface area contributed by atoms with Gasteiger partial charge in [0.25, 0.3) is 0 Å². The van der Waals surface area contributed by atoms with Crippen molar-refractivity contribution in [3.8, 4) is 0 Å². The van der Waals surface area contributed by atoms with E-state index in [0.717, 1.165) is 22.2 Å². The predicted molar refractivity (Wildman–Crippen MR) is 63.4 cm³/mol. The third kappa shape index (κ3) is 1.52. The molecule has 0 spiro atoms. The van der Waals surface area contributed by atoms with Crippen molar-refractivity contribution in [2.75, 3.05) is 0 Å². The van der Waals surface area contributed by atoms with E-state index < -0.39 is 0 Å². The lowest BCUT2D eigenvalue weighted by Gasteiger charge is -2.05. The first kappa shape index (κ1) is 8.97. The van der Waals surface area contributed by atoms with Crippen molar-refractivity contribution < 1.29 is 4.52 Å². The zero-order valence-corrected chi connectivity index (χ0v) is 8.55. The summed E-state index contributed by atoms with van der Waals surface area (Å²) < 4.78 is 5.14. The zero-order chi connectivity index (χ0) is 10.8. The molecule has 1 aromatic carbocycles. The highest BCUT2D eigenvalue weighted by Crippen LogP contribution is 2.20. The van der Waals surface area contributed by atoms with Gasteiger partial charge in [0.1, 0.15) is 0 Å². The van der Waals surface area contributed by atoms with Crippen LogP contribution in [0.25, 0.3) is 16.7 Å². The molecule has 16 heavy (non-hydrogen) atoms. The largest absolute Gasteiger partial charge is 0.361 e. The van der Waals surface area contributed by atoms with Gasteiger partial charge in [-0.05, 0) is 24.3 Å². The van der Waals surface area contributed by atoms with Crippen LogP contribution < -0.4 is 5.32 Å². The van der Waals surface area contributed by atoms with Gasteiger partial charge in [-0.25, -0.2) is 0 Å². The zero-order valence-electron chi connectivity index (χ0n) is 8.55. The second kappa shape index (κ2) is 3.70. The van der Waals surface area contributed by atoms with Gasteiger partial charge in [0.05, 0.1) is 6.20 Å². The van der Waals surface area contributed by atoms with Crippen LogP contribution >= 0.6 is 0 Å². The topological polar surface area (TPSA) is 38.1 Å². The maximum Gasteiger partial charge on any atom is 0.167 e. The second-order valence-electron chi connectivity index (χ2n) is 3.55. The minimum atomic E-state index is 0.803. The highest BCUT2D eigenvalue weighted by atomic mass is 16.5.